The molecule has 5 nitrogen and oxygen atoms in total. The lowest BCUT2D eigenvalue weighted by Crippen LogP contribution is -2.14. The first-order chi connectivity index (χ1) is 9.01. The number of oxime groups is 1. The minimum absolute atomic E-state index is 0.0538. The Balaban J connectivity index is 2.44. The molecule has 0 amide bonds. The molecule has 3 N–H and O–H groups in total. The summed E-state index contributed by atoms with van der Waals surface area (Å²) in [7, 11) is 1.86. The Morgan fingerprint density at radius 2 is 2.21 bits per heavy atom. The first kappa shape index (κ1) is 13.8. The van der Waals surface area contributed by atoms with E-state index in [0.29, 0.717) is 10.6 Å². The molecule has 2 aromatic rings. The molecule has 0 bridgehead atoms. The second-order valence-corrected chi connectivity index (χ2v) is 5.47. The van der Waals surface area contributed by atoms with Gasteiger partial charge in [-0.25, -0.2) is 0 Å². The summed E-state index contributed by atoms with van der Waals surface area (Å²) >= 11 is 7.46. The molecule has 1 heterocycles. The predicted molar refractivity (Wildman–Crippen MR) is 76.0 cm³/mol. The Morgan fingerprint density at radius 1 is 1.47 bits per heavy atom. The Morgan fingerprint density at radius 3 is 2.79 bits per heavy atom. The zero-order valence-corrected chi connectivity index (χ0v) is 12.0. The van der Waals surface area contributed by atoms with Crippen LogP contribution in [0.25, 0.3) is 0 Å². The van der Waals surface area contributed by atoms with Crippen molar-refractivity contribution in [2.24, 2.45) is 17.9 Å². The number of halogens is 1. The molecule has 19 heavy (non-hydrogen) atoms. The van der Waals surface area contributed by atoms with E-state index >= 15 is 0 Å². The zero-order valence-electron chi connectivity index (χ0n) is 10.5. The monoisotopic (exact) mass is 296 g/mol. The molecule has 1 aromatic heterocycles. The number of nitrogens with zero attached hydrogens (tertiary/aromatic N) is 3. The molecule has 0 fully saturated rings. The standard InChI is InChI=1S/C12H13ClN4OS/c1-7-5-11(17(2)15-7)19-10-6-8(13)3-4-9(10)12(14)16-18/h3-6,18H,1-2H3,(H2,14,16). The number of aryl methyl sites for hydroxylation is 2. The average molecular weight is 297 g/mol. The summed E-state index contributed by atoms with van der Waals surface area (Å²) in [6, 6.07) is 7.17. The largest absolute Gasteiger partial charge is 0.409 e. The second kappa shape index (κ2) is 5.54. The molecule has 0 unspecified atom stereocenters. The molecule has 0 atom stereocenters. The molecule has 0 aliphatic heterocycles. The molecular weight excluding hydrogens is 284 g/mol. The van der Waals surface area contributed by atoms with E-state index in [2.05, 4.69) is 10.3 Å². The van der Waals surface area contributed by atoms with E-state index < -0.39 is 0 Å². The highest BCUT2D eigenvalue weighted by Gasteiger charge is 2.12. The Hall–Kier alpha value is -1.66. The summed E-state index contributed by atoms with van der Waals surface area (Å²) in [5.41, 5.74) is 7.23. The highest BCUT2D eigenvalue weighted by atomic mass is 35.5. The summed E-state index contributed by atoms with van der Waals surface area (Å²) in [6.45, 7) is 1.92. The van der Waals surface area contributed by atoms with Gasteiger partial charge in [0.15, 0.2) is 5.84 Å². The van der Waals surface area contributed by atoms with Crippen molar-refractivity contribution < 1.29 is 5.21 Å². The quantitative estimate of drug-likeness (QED) is 0.395. The third-order valence-corrected chi connectivity index (χ3v) is 3.88. The summed E-state index contributed by atoms with van der Waals surface area (Å²) in [5, 5.41) is 17.7. The van der Waals surface area contributed by atoms with E-state index in [4.69, 9.17) is 22.5 Å². The minimum Gasteiger partial charge on any atom is -0.409 e. The van der Waals surface area contributed by atoms with Crippen molar-refractivity contribution in [2.75, 3.05) is 0 Å². The lowest BCUT2D eigenvalue weighted by Gasteiger charge is -2.08. The van der Waals surface area contributed by atoms with Crippen LogP contribution in [0.1, 0.15) is 11.3 Å². The molecule has 100 valence electrons. The third-order valence-electron chi connectivity index (χ3n) is 2.50. The van der Waals surface area contributed by atoms with Crippen molar-refractivity contribution in [1.29, 1.82) is 0 Å². The van der Waals surface area contributed by atoms with Gasteiger partial charge >= 0.3 is 0 Å². The van der Waals surface area contributed by atoms with Crippen molar-refractivity contribution in [3.05, 3.63) is 40.5 Å². The van der Waals surface area contributed by atoms with E-state index in [1.165, 1.54) is 11.8 Å². The molecule has 0 aliphatic rings. The van der Waals surface area contributed by atoms with E-state index in [9.17, 15) is 0 Å². The van der Waals surface area contributed by atoms with Crippen LogP contribution in [-0.2, 0) is 7.05 Å². The Labute approximate surface area is 120 Å². The van der Waals surface area contributed by atoms with Crippen LogP contribution in [0.15, 0.2) is 39.3 Å². The van der Waals surface area contributed by atoms with Gasteiger partial charge in [-0.05, 0) is 31.2 Å². The summed E-state index contributed by atoms with van der Waals surface area (Å²) < 4.78 is 1.77. The molecule has 0 spiro atoms. The SMILES string of the molecule is Cc1cc(Sc2cc(Cl)ccc2C(N)=NO)n(C)n1. The van der Waals surface area contributed by atoms with Gasteiger partial charge in [0, 0.05) is 22.5 Å². The molecule has 0 radical (unpaired) electrons. The van der Waals surface area contributed by atoms with Crippen LogP contribution < -0.4 is 5.73 Å². The van der Waals surface area contributed by atoms with Gasteiger partial charge in [-0.3, -0.25) is 4.68 Å². The van der Waals surface area contributed by atoms with Crippen LogP contribution in [0.5, 0.6) is 0 Å². The maximum Gasteiger partial charge on any atom is 0.171 e. The number of rotatable bonds is 3. The zero-order chi connectivity index (χ0) is 14.0. The van der Waals surface area contributed by atoms with Crippen LogP contribution in [0.4, 0.5) is 0 Å². The van der Waals surface area contributed by atoms with E-state index in [1.807, 2.05) is 20.0 Å². The fourth-order valence-corrected chi connectivity index (χ4v) is 2.97. The van der Waals surface area contributed by atoms with Crippen LogP contribution in [-0.4, -0.2) is 20.8 Å². The average Bonchev–Trinajstić information content (AvgIpc) is 2.67. The maximum atomic E-state index is 8.81. The minimum atomic E-state index is 0.0538. The molecule has 2 rings (SSSR count). The molecule has 1 aromatic carbocycles. The van der Waals surface area contributed by atoms with E-state index in [1.54, 1.807) is 22.9 Å². The van der Waals surface area contributed by atoms with Crippen LogP contribution >= 0.6 is 23.4 Å². The number of aromatic nitrogens is 2. The number of benzene rings is 1. The fraction of sp³-hybridized carbons (Fsp3) is 0.167. The number of nitrogens with two attached hydrogens (primary N) is 1. The molecule has 0 aliphatic carbocycles. The van der Waals surface area contributed by atoms with Gasteiger partial charge in [0.2, 0.25) is 0 Å². The first-order valence-electron chi connectivity index (χ1n) is 5.47. The van der Waals surface area contributed by atoms with Crippen molar-refractivity contribution in [2.45, 2.75) is 16.8 Å². The number of hydrogen-bond acceptors (Lipinski definition) is 4. The van der Waals surface area contributed by atoms with Crippen molar-refractivity contribution in [3.63, 3.8) is 0 Å². The van der Waals surface area contributed by atoms with Crippen molar-refractivity contribution >= 4 is 29.2 Å². The normalized spacial score (nSPS) is 11.8. The van der Waals surface area contributed by atoms with Gasteiger partial charge in [-0.15, -0.1) is 0 Å². The predicted octanol–water partition coefficient (Wildman–Crippen LogP) is 2.63. The van der Waals surface area contributed by atoms with E-state index in [-0.39, 0.29) is 5.84 Å². The van der Waals surface area contributed by atoms with Gasteiger partial charge in [0.05, 0.1) is 10.7 Å². The first-order valence-corrected chi connectivity index (χ1v) is 6.66. The third kappa shape index (κ3) is 3.02. The molecule has 7 heteroatoms. The Bertz CT molecular complexity index is 639. The van der Waals surface area contributed by atoms with Gasteiger partial charge < -0.3 is 10.9 Å². The molecular formula is C12H13ClN4OS. The number of amidine groups is 1. The van der Waals surface area contributed by atoms with Crippen LogP contribution in [0.3, 0.4) is 0 Å². The lowest BCUT2D eigenvalue weighted by atomic mass is 10.2. The van der Waals surface area contributed by atoms with Gasteiger partial charge in [-0.1, -0.05) is 28.5 Å². The van der Waals surface area contributed by atoms with Gasteiger partial charge in [-0.2, -0.15) is 5.10 Å². The smallest absolute Gasteiger partial charge is 0.171 e. The summed E-state index contributed by atoms with van der Waals surface area (Å²) in [4.78, 5) is 0.811. The molecule has 0 saturated heterocycles. The summed E-state index contributed by atoms with van der Waals surface area (Å²) in [5.74, 6) is 0.0538. The van der Waals surface area contributed by atoms with Crippen LogP contribution in [0, 0.1) is 6.92 Å². The lowest BCUT2D eigenvalue weighted by molar-refractivity contribution is 0.318. The maximum absolute atomic E-state index is 8.81. The molecule has 0 saturated carbocycles. The van der Waals surface area contributed by atoms with Crippen LogP contribution in [0.2, 0.25) is 5.02 Å². The van der Waals surface area contributed by atoms with Crippen molar-refractivity contribution in [3.8, 4) is 0 Å². The van der Waals surface area contributed by atoms with Gasteiger partial charge in [0.1, 0.15) is 0 Å². The summed E-state index contributed by atoms with van der Waals surface area (Å²) in [6.07, 6.45) is 0. The second-order valence-electron chi connectivity index (χ2n) is 3.98. The van der Waals surface area contributed by atoms with Crippen molar-refractivity contribution in [1.82, 2.24) is 9.78 Å². The highest BCUT2D eigenvalue weighted by molar-refractivity contribution is 7.99. The highest BCUT2D eigenvalue weighted by Crippen LogP contribution is 2.32. The number of hydrogen-bond donors (Lipinski definition) is 2. The Kier molecular flexibility index (Phi) is 4.01. The fourth-order valence-electron chi connectivity index (χ4n) is 1.64. The van der Waals surface area contributed by atoms with E-state index in [0.717, 1.165) is 15.6 Å². The topological polar surface area (TPSA) is 76.4 Å². The van der Waals surface area contributed by atoms with Gasteiger partial charge in [0.25, 0.3) is 0 Å².